The molecule has 3 heteroatoms. The van der Waals surface area contributed by atoms with Gasteiger partial charge in [0.15, 0.2) is 0 Å². The van der Waals surface area contributed by atoms with E-state index in [1.165, 1.54) is 16.7 Å². The van der Waals surface area contributed by atoms with E-state index in [0.717, 1.165) is 5.75 Å². The van der Waals surface area contributed by atoms with Crippen LogP contribution in [-0.4, -0.2) is 20.7 Å². The molecule has 0 saturated heterocycles. The maximum absolute atomic E-state index is 5.77. The van der Waals surface area contributed by atoms with Crippen LogP contribution in [0.4, 0.5) is 0 Å². The predicted molar refractivity (Wildman–Crippen MR) is 72.5 cm³/mol. The number of ether oxygens (including phenoxy) is 1. The van der Waals surface area contributed by atoms with Crippen molar-refractivity contribution < 1.29 is 4.74 Å². The van der Waals surface area contributed by atoms with Crippen molar-refractivity contribution >= 4 is 0 Å². The van der Waals surface area contributed by atoms with E-state index >= 15 is 0 Å². The van der Waals surface area contributed by atoms with Crippen LogP contribution in [0.2, 0.25) is 0 Å². The Hall–Kier alpha value is -1.06. The van der Waals surface area contributed by atoms with E-state index in [-0.39, 0.29) is 6.04 Å². The zero-order valence-corrected chi connectivity index (χ0v) is 11.5. The smallest absolute Gasteiger partial charge is 0.126 e. The van der Waals surface area contributed by atoms with Crippen LogP contribution in [0.3, 0.4) is 0 Å². The molecule has 0 aromatic heterocycles. The Kier molecular flexibility index (Phi) is 4.97. The van der Waals surface area contributed by atoms with Gasteiger partial charge in [0, 0.05) is 11.6 Å². The van der Waals surface area contributed by atoms with E-state index in [9.17, 15) is 0 Å². The highest BCUT2D eigenvalue weighted by molar-refractivity contribution is 5.45. The molecule has 0 aliphatic rings. The number of benzene rings is 1. The Morgan fingerprint density at radius 2 is 2.00 bits per heavy atom. The van der Waals surface area contributed by atoms with Crippen LogP contribution in [0.15, 0.2) is 12.1 Å². The second-order valence-corrected chi connectivity index (χ2v) is 4.68. The van der Waals surface area contributed by atoms with Crippen LogP contribution in [-0.2, 0) is 0 Å². The van der Waals surface area contributed by atoms with E-state index in [0.29, 0.717) is 12.5 Å². The molecule has 3 nitrogen and oxygen atoms in total. The van der Waals surface area contributed by atoms with Gasteiger partial charge < -0.3 is 15.8 Å². The normalized spacial score (nSPS) is 14.5. The minimum absolute atomic E-state index is 0.230. The summed E-state index contributed by atoms with van der Waals surface area (Å²) in [6.45, 7) is 6.99. The van der Waals surface area contributed by atoms with Crippen LogP contribution in [0.25, 0.3) is 0 Å². The molecule has 0 aliphatic carbocycles. The molecule has 2 atom stereocenters. The van der Waals surface area contributed by atoms with Crippen molar-refractivity contribution in [2.75, 3.05) is 20.7 Å². The van der Waals surface area contributed by atoms with Gasteiger partial charge >= 0.3 is 0 Å². The molecule has 0 aliphatic heterocycles. The summed E-state index contributed by atoms with van der Waals surface area (Å²) in [5, 5.41) is 3.34. The van der Waals surface area contributed by atoms with Gasteiger partial charge in [0.25, 0.3) is 0 Å². The third-order valence-corrected chi connectivity index (χ3v) is 3.24. The van der Waals surface area contributed by atoms with Crippen molar-refractivity contribution in [3.8, 4) is 5.75 Å². The van der Waals surface area contributed by atoms with Crippen LogP contribution >= 0.6 is 0 Å². The van der Waals surface area contributed by atoms with E-state index in [4.69, 9.17) is 10.5 Å². The molecule has 0 saturated carbocycles. The first kappa shape index (κ1) is 14.0. The van der Waals surface area contributed by atoms with E-state index in [2.05, 4.69) is 38.2 Å². The lowest BCUT2D eigenvalue weighted by Crippen LogP contribution is -2.29. The van der Waals surface area contributed by atoms with Gasteiger partial charge in [-0.3, -0.25) is 0 Å². The Morgan fingerprint density at radius 3 is 2.47 bits per heavy atom. The number of nitrogens with one attached hydrogen (secondary N) is 1. The highest BCUT2D eigenvalue weighted by Crippen LogP contribution is 2.33. The summed E-state index contributed by atoms with van der Waals surface area (Å²) in [6.07, 6.45) is 0. The van der Waals surface area contributed by atoms with Crippen LogP contribution in [0.5, 0.6) is 5.75 Å². The lowest BCUT2D eigenvalue weighted by atomic mass is 9.91. The number of hydrogen-bond donors (Lipinski definition) is 2. The molecule has 1 aromatic carbocycles. The first-order valence-corrected chi connectivity index (χ1v) is 6.07. The topological polar surface area (TPSA) is 47.3 Å². The van der Waals surface area contributed by atoms with Crippen molar-refractivity contribution in [2.24, 2.45) is 11.7 Å². The zero-order chi connectivity index (χ0) is 13.0. The summed E-state index contributed by atoms with van der Waals surface area (Å²) in [5.74, 6) is 1.34. The summed E-state index contributed by atoms with van der Waals surface area (Å²) in [5.41, 5.74) is 9.40. The molecule has 0 spiro atoms. The molecule has 3 N–H and O–H groups in total. The molecular formula is C14H24N2O. The molecule has 2 unspecified atom stereocenters. The lowest BCUT2D eigenvalue weighted by Gasteiger charge is -2.26. The van der Waals surface area contributed by atoms with Gasteiger partial charge in [-0.25, -0.2) is 0 Å². The zero-order valence-electron chi connectivity index (χ0n) is 11.5. The highest BCUT2D eigenvalue weighted by Gasteiger charge is 2.21. The summed E-state index contributed by atoms with van der Waals surface area (Å²) in [6, 6.07) is 4.55. The largest absolute Gasteiger partial charge is 0.496 e. The Labute approximate surface area is 104 Å². The van der Waals surface area contributed by atoms with Crippen molar-refractivity contribution in [3.05, 3.63) is 28.8 Å². The number of hydrogen-bond acceptors (Lipinski definition) is 3. The summed E-state index contributed by atoms with van der Waals surface area (Å²) in [4.78, 5) is 0. The monoisotopic (exact) mass is 236 g/mol. The molecule has 0 radical (unpaired) electrons. The fourth-order valence-electron chi connectivity index (χ4n) is 2.38. The van der Waals surface area contributed by atoms with Crippen molar-refractivity contribution in [1.29, 1.82) is 0 Å². The van der Waals surface area contributed by atoms with Crippen LogP contribution < -0.4 is 15.8 Å². The number of methoxy groups -OCH3 is 1. The molecule has 17 heavy (non-hydrogen) atoms. The fourth-order valence-corrected chi connectivity index (χ4v) is 2.38. The second-order valence-electron chi connectivity index (χ2n) is 4.68. The average molecular weight is 236 g/mol. The standard InChI is InChI=1S/C14H24N2O/c1-9-6-10(2)14(17-5)12(7-9)13(16-4)11(3)8-15/h6-7,11,13,16H,8,15H2,1-5H3. The molecule has 1 aromatic rings. The highest BCUT2D eigenvalue weighted by atomic mass is 16.5. The molecule has 0 fully saturated rings. The minimum Gasteiger partial charge on any atom is -0.496 e. The molecule has 96 valence electrons. The molecule has 0 bridgehead atoms. The molecule has 1 rings (SSSR count). The molecular weight excluding hydrogens is 212 g/mol. The van der Waals surface area contributed by atoms with Gasteiger partial charge in [-0.2, -0.15) is 0 Å². The lowest BCUT2D eigenvalue weighted by molar-refractivity contribution is 0.371. The van der Waals surface area contributed by atoms with Crippen molar-refractivity contribution in [1.82, 2.24) is 5.32 Å². The van der Waals surface area contributed by atoms with Gasteiger partial charge in [0.05, 0.1) is 7.11 Å². The third kappa shape index (κ3) is 2.99. The van der Waals surface area contributed by atoms with E-state index in [1.54, 1.807) is 7.11 Å². The molecule has 0 amide bonds. The van der Waals surface area contributed by atoms with Crippen molar-refractivity contribution in [3.63, 3.8) is 0 Å². The van der Waals surface area contributed by atoms with E-state index in [1.807, 2.05) is 7.05 Å². The van der Waals surface area contributed by atoms with Gasteiger partial charge in [-0.1, -0.05) is 24.6 Å². The van der Waals surface area contributed by atoms with Gasteiger partial charge in [0.1, 0.15) is 5.75 Å². The van der Waals surface area contributed by atoms with Crippen LogP contribution in [0.1, 0.15) is 29.7 Å². The third-order valence-electron chi connectivity index (χ3n) is 3.24. The molecule has 0 heterocycles. The van der Waals surface area contributed by atoms with Crippen molar-refractivity contribution in [2.45, 2.75) is 26.8 Å². The Bertz CT molecular complexity index is 377. The second kappa shape index (κ2) is 6.03. The number of rotatable bonds is 5. The summed E-state index contributed by atoms with van der Waals surface area (Å²) in [7, 11) is 3.69. The number of aryl methyl sites for hydroxylation is 2. The maximum atomic E-state index is 5.77. The number of nitrogens with two attached hydrogens (primary N) is 1. The summed E-state index contributed by atoms with van der Waals surface area (Å²) < 4.78 is 5.53. The quantitative estimate of drug-likeness (QED) is 0.823. The maximum Gasteiger partial charge on any atom is 0.126 e. The predicted octanol–water partition coefficient (Wildman–Crippen LogP) is 2.17. The van der Waals surface area contributed by atoms with Gasteiger partial charge in [-0.05, 0) is 38.9 Å². The minimum atomic E-state index is 0.230. The Balaban J connectivity index is 3.26. The van der Waals surface area contributed by atoms with Crippen LogP contribution in [0, 0.1) is 19.8 Å². The SMILES string of the molecule is CNC(c1cc(C)cc(C)c1OC)C(C)CN. The van der Waals surface area contributed by atoms with Gasteiger partial charge in [0.2, 0.25) is 0 Å². The van der Waals surface area contributed by atoms with E-state index < -0.39 is 0 Å². The average Bonchev–Trinajstić information content (AvgIpc) is 2.29. The summed E-state index contributed by atoms with van der Waals surface area (Å²) >= 11 is 0. The Morgan fingerprint density at radius 1 is 1.35 bits per heavy atom. The first-order chi connectivity index (χ1) is 8.04. The first-order valence-electron chi connectivity index (χ1n) is 6.07. The van der Waals surface area contributed by atoms with Gasteiger partial charge in [-0.15, -0.1) is 0 Å². The fraction of sp³-hybridized carbons (Fsp3) is 0.571.